The van der Waals surface area contributed by atoms with Crippen LogP contribution in [0.1, 0.15) is 5.56 Å². The van der Waals surface area contributed by atoms with Gasteiger partial charge in [-0.05, 0) is 17.7 Å². The van der Waals surface area contributed by atoms with Crippen molar-refractivity contribution in [3.05, 3.63) is 29.8 Å². The van der Waals surface area contributed by atoms with Crippen molar-refractivity contribution >= 4 is 31.9 Å². The number of hydrogen-bond donors (Lipinski definition) is 2. The molecule has 2 N–H and O–H groups in total. The predicted octanol–water partition coefficient (Wildman–Crippen LogP) is 0.629. The summed E-state index contributed by atoms with van der Waals surface area (Å²) < 4.78 is 26.1. The molecule has 1 aliphatic heterocycles. The van der Waals surface area contributed by atoms with Gasteiger partial charge in [0.2, 0.25) is 10.0 Å². The lowest BCUT2D eigenvalue weighted by atomic mass is 10.2. The van der Waals surface area contributed by atoms with Gasteiger partial charge in [0.1, 0.15) is 6.04 Å². The number of nitrogens with one attached hydrogen (secondary N) is 1. The molecule has 0 amide bonds. The zero-order valence-corrected chi connectivity index (χ0v) is 13.0. The molecule has 0 radical (unpaired) electrons. The molecule has 6 nitrogen and oxygen atoms in total. The third kappa shape index (κ3) is 3.20. The van der Waals surface area contributed by atoms with Crippen molar-refractivity contribution in [3.63, 3.8) is 0 Å². The summed E-state index contributed by atoms with van der Waals surface area (Å²) >= 11 is 3.30. The first-order valence-corrected chi connectivity index (χ1v) is 8.62. The van der Waals surface area contributed by atoms with Crippen molar-refractivity contribution in [2.75, 3.05) is 19.6 Å². The molecule has 8 heteroatoms. The lowest BCUT2D eigenvalue weighted by Gasteiger charge is -2.30. The first kappa shape index (κ1) is 15.4. The maximum Gasteiger partial charge on any atom is 0.322 e. The number of alkyl halides is 1. The minimum atomic E-state index is -3.64. The van der Waals surface area contributed by atoms with E-state index in [0.717, 1.165) is 5.56 Å². The fourth-order valence-corrected chi connectivity index (χ4v) is 3.84. The highest BCUT2D eigenvalue weighted by Crippen LogP contribution is 2.18. The summed E-state index contributed by atoms with van der Waals surface area (Å²) in [4.78, 5) is 11.1. The zero-order chi connectivity index (χ0) is 14.8. The van der Waals surface area contributed by atoms with E-state index in [1.165, 1.54) is 4.31 Å². The summed E-state index contributed by atoms with van der Waals surface area (Å²) in [7, 11) is -3.64. The Morgan fingerprint density at radius 3 is 2.60 bits per heavy atom. The van der Waals surface area contributed by atoms with Crippen molar-refractivity contribution in [3.8, 4) is 0 Å². The molecule has 20 heavy (non-hydrogen) atoms. The number of halogens is 1. The molecule has 0 aromatic heterocycles. The highest BCUT2D eigenvalue weighted by atomic mass is 79.9. The molecule has 0 aliphatic carbocycles. The average Bonchev–Trinajstić information content (AvgIpc) is 2.47. The zero-order valence-electron chi connectivity index (χ0n) is 10.6. The predicted molar refractivity (Wildman–Crippen MR) is 77.3 cm³/mol. The second-order valence-electron chi connectivity index (χ2n) is 4.49. The van der Waals surface area contributed by atoms with Crippen molar-refractivity contribution in [1.29, 1.82) is 0 Å². The lowest BCUT2D eigenvalue weighted by Crippen LogP contribution is -2.55. The summed E-state index contributed by atoms with van der Waals surface area (Å²) in [5.74, 6) is -1.04. The Labute approximate surface area is 126 Å². The first-order chi connectivity index (χ1) is 9.45. The van der Waals surface area contributed by atoms with Gasteiger partial charge in [-0.15, -0.1) is 0 Å². The number of carboxylic acids is 1. The number of rotatable bonds is 4. The Balaban J connectivity index is 2.22. The number of piperazine rings is 1. The standard InChI is InChI=1S/C12H15BrN2O4S/c13-7-9-1-3-10(4-2-9)20(18,19)15-6-5-14-11(8-15)12(16)17/h1-4,11,14H,5-8H2,(H,16,17)/t11-/m1/s1. The number of sulfonamides is 1. The molecule has 2 rings (SSSR count). The van der Waals surface area contributed by atoms with Gasteiger partial charge in [-0.1, -0.05) is 28.1 Å². The molecular weight excluding hydrogens is 348 g/mol. The minimum Gasteiger partial charge on any atom is -0.480 e. The first-order valence-electron chi connectivity index (χ1n) is 6.06. The maximum absolute atomic E-state index is 12.4. The molecule has 0 spiro atoms. The molecule has 1 fully saturated rings. The SMILES string of the molecule is O=C(O)[C@H]1CN(S(=O)(=O)c2ccc(CBr)cc2)CCN1. The van der Waals surface area contributed by atoms with Crippen LogP contribution in [0.2, 0.25) is 0 Å². The van der Waals surface area contributed by atoms with Crippen LogP contribution in [0, 0.1) is 0 Å². The Bertz CT molecular complexity index is 588. The number of carboxylic acid groups (broad SMARTS) is 1. The van der Waals surface area contributed by atoms with Crippen LogP contribution in [0.4, 0.5) is 0 Å². The van der Waals surface area contributed by atoms with Gasteiger partial charge in [-0.3, -0.25) is 4.79 Å². The molecule has 0 unspecified atom stereocenters. The molecule has 0 bridgehead atoms. The third-order valence-corrected chi connectivity index (χ3v) is 5.68. The van der Waals surface area contributed by atoms with E-state index < -0.39 is 22.0 Å². The van der Waals surface area contributed by atoms with Gasteiger partial charge in [-0.25, -0.2) is 8.42 Å². The monoisotopic (exact) mass is 362 g/mol. The van der Waals surface area contributed by atoms with Gasteiger partial charge in [0.25, 0.3) is 0 Å². The summed E-state index contributed by atoms with van der Waals surface area (Å²) in [6.45, 7) is 0.542. The van der Waals surface area contributed by atoms with E-state index in [4.69, 9.17) is 5.11 Å². The van der Waals surface area contributed by atoms with Crippen molar-refractivity contribution in [2.24, 2.45) is 0 Å². The minimum absolute atomic E-state index is 0.0577. The average molecular weight is 363 g/mol. The largest absolute Gasteiger partial charge is 0.480 e. The quantitative estimate of drug-likeness (QED) is 0.767. The lowest BCUT2D eigenvalue weighted by molar-refractivity contribution is -0.140. The highest BCUT2D eigenvalue weighted by Gasteiger charge is 2.32. The van der Waals surface area contributed by atoms with E-state index in [-0.39, 0.29) is 18.0 Å². The summed E-state index contributed by atoms with van der Waals surface area (Å²) in [6, 6.07) is 5.70. The van der Waals surface area contributed by atoms with Crippen LogP contribution in [-0.2, 0) is 20.1 Å². The van der Waals surface area contributed by atoms with E-state index in [9.17, 15) is 13.2 Å². The third-order valence-electron chi connectivity index (χ3n) is 3.15. The summed E-state index contributed by atoms with van der Waals surface area (Å²) in [5, 5.41) is 12.4. The Kier molecular flexibility index (Phi) is 4.79. The second kappa shape index (κ2) is 6.21. The van der Waals surface area contributed by atoms with Crippen molar-refractivity contribution in [1.82, 2.24) is 9.62 Å². The maximum atomic E-state index is 12.4. The van der Waals surface area contributed by atoms with Crippen LogP contribution in [0.5, 0.6) is 0 Å². The van der Waals surface area contributed by atoms with Crippen LogP contribution in [0.15, 0.2) is 29.2 Å². The van der Waals surface area contributed by atoms with Gasteiger partial charge in [0, 0.05) is 25.0 Å². The van der Waals surface area contributed by atoms with E-state index in [1.54, 1.807) is 24.3 Å². The smallest absolute Gasteiger partial charge is 0.322 e. The summed E-state index contributed by atoms with van der Waals surface area (Å²) in [5.41, 5.74) is 0.979. The summed E-state index contributed by atoms with van der Waals surface area (Å²) in [6.07, 6.45) is 0. The van der Waals surface area contributed by atoms with Crippen molar-refractivity contribution < 1.29 is 18.3 Å². The number of nitrogens with zero attached hydrogens (tertiary/aromatic N) is 1. The van der Waals surface area contributed by atoms with Crippen LogP contribution in [0.3, 0.4) is 0 Å². The Morgan fingerprint density at radius 2 is 2.05 bits per heavy atom. The molecule has 1 aromatic rings. The fraction of sp³-hybridized carbons (Fsp3) is 0.417. The van der Waals surface area contributed by atoms with Gasteiger partial charge in [-0.2, -0.15) is 4.31 Å². The van der Waals surface area contributed by atoms with Gasteiger partial charge >= 0.3 is 5.97 Å². The second-order valence-corrected chi connectivity index (χ2v) is 6.98. The molecule has 0 saturated carbocycles. The molecule has 1 heterocycles. The van der Waals surface area contributed by atoms with Gasteiger partial charge < -0.3 is 10.4 Å². The molecule has 1 aliphatic rings. The van der Waals surface area contributed by atoms with Crippen LogP contribution < -0.4 is 5.32 Å². The molecule has 110 valence electrons. The fourth-order valence-electron chi connectivity index (χ4n) is 2.01. The number of benzene rings is 1. The molecule has 1 aromatic carbocycles. The van der Waals surface area contributed by atoms with Gasteiger partial charge in [0.05, 0.1) is 4.90 Å². The Hall–Kier alpha value is -0.960. The molecule has 1 atom stereocenters. The van der Waals surface area contributed by atoms with E-state index in [2.05, 4.69) is 21.2 Å². The highest BCUT2D eigenvalue weighted by molar-refractivity contribution is 9.08. The van der Waals surface area contributed by atoms with Crippen LogP contribution in [-0.4, -0.2) is 49.5 Å². The topological polar surface area (TPSA) is 86.7 Å². The van der Waals surface area contributed by atoms with Crippen LogP contribution >= 0.6 is 15.9 Å². The molecular formula is C12H15BrN2O4S. The van der Waals surface area contributed by atoms with E-state index in [1.807, 2.05) is 0 Å². The Morgan fingerprint density at radius 1 is 1.40 bits per heavy atom. The van der Waals surface area contributed by atoms with Crippen molar-refractivity contribution in [2.45, 2.75) is 16.3 Å². The molecule has 1 saturated heterocycles. The number of carbonyl (C=O) groups is 1. The van der Waals surface area contributed by atoms with Crippen LogP contribution in [0.25, 0.3) is 0 Å². The van der Waals surface area contributed by atoms with E-state index in [0.29, 0.717) is 11.9 Å². The number of hydrogen-bond acceptors (Lipinski definition) is 4. The number of aliphatic carboxylic acids is 1. The van der Waals surface area contributed by atoms with E-state index >= 15 is 0 Å². The van der Waals surface area contributed by atoms with Gasteiger partial charge in [0.15, 0.2) is 0 Å². The normalized spacial score (nSPS) is 20.8.